The minimum absolute atomic E-state index is 0.115. The first-order valence-electron chi connectivity index (χ1n) is 4.94. The first-order chi connectivity index (χ1) is 7.06. The van der Waals surface area contributed by atoms with Crippen molar-refractivity contribution in [3.8, 4) is 6.07 Å². The van der Waals surface area contributed by atoms with E-state index < -0.39 is 5.82 Å². The van der Waals surface area contributed by atoms with Gasteiger partial charge in [0.15, 0.2) is 0 Å². The zero-order valence-electron chi connectivity index (χ0n) is 9.29. The fourth-order valence-electron chi connectivity index (χ4n) is 1.24. The van der Waals surface area contributed by atoms with E-state index in [1.165, 1.54) is 6.07 Å². The van der Waals surface area contributed by atoms with Crippen molar-refractivity contribution in [2.45, 2.75) is 26.4 Å². The third-order valence-electron chi connectivity index (χ3n) is 2.50. The van der Waals surface area contributed by atoms with Crippen LogP contribution in [-0.4, -0.2) is 18.0 Å². The van der Waals surface area contributed by atoms with Gasteiger partial charge in [-0.05, 0) is 27.0 Å². The van der Waals surface area contributed by atoms with E-state index in [2.05, 4.69) is 0 Å². The molecule has 1 aromatic rings. The van der Waals surface area contributed by atoms with E-state index in [9.17, 15) is 4.39 Å². The fraction of sp³-hybridized carbons (Fsp3) is 0.417. The molecular formula is C12H15FN2. The molecule has 0 aliphatic heterocycles. The molecule has 0 amide bonds. The third kappa shape index (κ3) is 2.77. The van der Waals surface area contributed by atoms with Crippen molar-refractivity contribution < 1.29 is 4.39 Å². The van der Waals surface area contributed by atoms with Crippen LogP contribution in [0.2, 0.25) is 0 Å². The highest BCUT2D eigenvalue weighted by Crippen LogP contribution is 2.14. The normalized spacial score (nSPS) is 10.7. The predicted molar refractivity (Wildman–Crippen MR) is 57.7 cm³/mol. The van der Waals surface area contributed by atoms with E-state index in [0.717, 1.165) is 0 Å². The van der Waals surface area contributed by atoms with E-state index in [4.69, 9.17) is 5.26 Å². The Labute approximate surface area is 89.9 Å². The molecule has 0 fully saturated rings. The van der Waals surface area contributed by atoms with Gasteiger partial charge >= 0.3 is 0 Å². The van der Waals surface area contributed by atoms with E-state index >= 15 is 0 Å². The molecule has 0 unspecified atom stereocenters. The quantitative estimate of drug-likeness (QED) is 0.760. The molecule has 0 atom stereocenters. The average Bonchev–Trinajstić information content (AvgIpc) is 2.21. The summed E-state index contributed by atoms with van der Waals surface area (Å²) < 4.78 is 13.6. The smallest absolute Gasteiger partial charge is 0.145 e. The Morgan fingerprint density at radius 1 is 1.47 bits per heavy atom. The maximum Gasteiger partial charge on any atom is 0.145 e. The average molecular weight is 206 g/mol. The number of benzene rings is 1. The Balaban J connectivity index is 2.92. The highest BCUT2D eigenvalue weighted by Gasteiger charge is 2.10. The van der Waals surface area contributed by atoms with Crippen LogP contribution < -0.4 is 0 Å². The van der Waals surface area contributed by atoms with E-state index in [-0.39, 0.29) is 5.56 Å². The van der Waals surface area contributed by atoms with Gasteiger partial charge in [-0.3, -0.25) is 4.90 Å². The zero-order chi connectivity index (χ0) is 11.4. The fourth-order valence-corrected chi connectivity index (χ4v) is 1.24. The Hall–Kier alpha value is -1.40. The summed E-state index contributed by atoms with van der Waals surface area (Å²) in [5.74, 6) is -0.396. The summed E-state index contributed by atoms with van der Waals surface area (Å²) in [5, 5.41) is 8.68. The first kappa shape index (κ1) is 11.7. The molecule has 0 radical (unpaired) electrons. The molecule has 3 heteroatoms. The van der Waals surface area contributed by atoms with Crippen molar-refractivity contribution in [2.75, 3.05) is 7.05 Å². The lowest BCUT2D eigenvalue weighted by Gasteiger charge is -2.21. The van der Waals surface area contributed by atoms with Crippen LogP contribution in [0.25, 0.3) is 0 Å². The maximum absolute atomic E-state index is 13.6. The number of halogens is 1. The second kappa shape index (κ2) is 4.90. The Kier molecular flexibility index (Phi) is 3.81. The lowest BCUT2D eigenvalue weighted by molar-refractivity contribution is 0.262. The lowest BCUT2D eigenvalue weighted by Crippen LogP contribution is -2.26. The molecule has 1 rings (SSSR count). The van der Waals surface area contributed by atoms with E-state index in [0.29, 0.717) is 18.2 Å². The van der Waals surface area contributed by atoms with Gasteiger partial charge in [0, 0.05) is 18.2 Å². The molecule has 1 aromatic carbocycles. The van der Waals surface area contributed by atoms with Gasteiger partial charge in [-0.1, -0.05) is 12.1 Å². The SMILES string of the molecule is CC(C)N(C)Cc1cccc(C#N)c1F. The monoisotopic (exact) mass is 206 g/mol. The van der Waals surface area contributed by atoms with E-state index in [1.807, 2.05) is 31.9 Å². The Morgan fingerprint density at radius 2 is 2.13 bits per heavy atom. The topological polar surface area (TPSA) is 27.0 Å². The molecule has 0 aromatic heterocycles. The van der Waals surface area contributed by atoms with Gasteiger partial charge in [0.05, 0.1) is 5.56 Å². The summed E-state index contributed by atoms with van der Waals surface area (Å²) in [7, 11) is 1.93. The summed E-state index contributed by atoms with van der Waals surface area (Å²) in [6.07, 6.45) is 0. The summed E-state index contributed by atoms with van der Waals surface area (Å²) in [6, 6.07) is 7.13. The number of nitrogens with zero attached hydrogens (tertiary/aromatic N) is 2. The molecule has 0 N–H and O–H groups in total. The van der Waals surface area contributed by atoms with Gasteiger partial charge in [-0.15, -0.1) is 0 Å². The molecule has 0 bridgehead atoms. The molecule has 15 heavy (non-hydrogen) atoms. The molecule has 0 spiro atoms. The molecule has 2 nitrogen and oxygen atoms in total. The first-order valence-corrected chi connectivity index (χ1v) is 4.94. The number of hydrogen-bond donors (Lipinski definition) is 0. The predicted octanol–water partition coefficient (Wildman–Crippen LogP) is 2.54. The molecule has 0 aliphatic rings. The maximum atomic E-state index is 13.6. The van der Waals surface area contributed by atoms with Gasteiger partial charge < -0.3 is 0 Å². The van der Waals surface area contributed by atoms with Crippen LogP contribution in [0.4, 0.5) is 4.39 Å². The van der Waals surface area contributed by atoms with Crippen LogP contribution in [0.3, 0.4) is 0 Å². The van der Waals surface area contributed by atoms with Crippen LogP contribution >= 0.6 is 0 Å². The molecule has 0 heterocycles. The van der Waals surface area contributed by atoms with Gasteiger partial charge in [-0.2, -0.15) is 5.26 Å². The highest BCUT2D eigenvalue weighted by atomic mass is 19.1. The van der Waals surface area contributed by atoms with Gasteiger partial charge in [0.1, 0.15) is 11.9 Å². The minimum Gasteiger partial charge on any atom is -0.300 e. The van der Waals surface area contributed by atoms with Gasteiger partial charge in [-0.25, -0.2) is 4.39 Å². The number of hydrogen-bond acceptors (Lipinski definition) is 2. The standard InChI is InChI=1S/C12H15FN2/c1-9(2)15(3)8-11-6-4-5-10(7-14)12(11)13/h4-6,9H,8H2,1-3H3. The van der Waals surface area contributed by atoms with Crippen molar-refractivity contribution in [1.29, 1.82) is 5.26 Å². The van der Waals surface area contributed by atoms with E-state index in [1.54, 1.807) is 12.1 Å². The van der Waals surface area contributed by atoms with Crippen LogP contribution in [0, 0.1) is 17.1 Å². The van der Waals surface area contributed by atoms with Crippen LogP contribution in [0.15, 0.2) is 18.2 Å². The molecule has 80 valence electrons. The van der Waals surface area contributed by atoms with Crippen molar-refractivity contribution in [2.24, 2.45) is 0 Å². The van der Waals surface area contributed by atoms with Crippen LogP contribution in [0.5, 0.6) is 0 Å². The summed E-state index contributed by atoms with van der Waals surface area (Å²) in [5.41, 5.74) is 0.690. The second-order valence-electron chi connectivity index (χ2n) is 3.90. The van der Waals surface area contributed by atoms with Crippen molar-refractivity contribution in [3.05, 3.63) is 35.1 Å². The molecule has 0 aliphatic carbocycles. The Bertz CT molecular complexity index is 380. The molecule has 0 saturated heterocycles. The largest absolute Gasteiger partial charge is 0.300 e. The van der Waals surface area contributed by atoms with Crippen molar-refractivity contribution >= 4 is 0 Å². The number of rotatable bonds is 3. The third-order valence-corrected chi connectivity index (χ3v) is 2.50. The zero-order valence-corrected chi connectivity index (χ0v) is 9.29. The number of nitriles is 1. The van der Waals surface area contributed by atoms with Crippen LogP contribution in [0.1, 0.15) is 25.0 Å². The van der Waals surface area contributed by atoms with Gasteiger partial charge in [0.2, 0.25) is 0 Å². The van der Waals surface area contributed by atoms with Gasteiger partial charge in [0.25, 0.3) is 0 Å². The summed E-state index contributed by atoms with van der Waals surface area (Å²) in [4.78, 5) is 2.03. The minimum atomic E-state index is -0.396. The van der Waals surface area contributed by atoms with Crippen molar-refractivity contribution in [1.82, 2.24) is 4.90 Å². The molecular weight excluding hydrogens is 191 g/mol. The molecule has 0 saturated carbocycles. The van der Waals surface area contributed by atoms with Crippen LogP contribution in [-0.2, 0) is 6.54 Å². The summed E-state index contributed by atoms with van der Waals surface area (Å²) >= 11 is 0. The lowest BCUT2D eigenvalue weighted by atomic mass is 10.1. The van der Waals surface area contributed by atoms with Crippen molar-refractivity contribution in [3.63, 3.8) is 0 Å². The second-order valence-corrected chi connectivity index (χ2v) is 3.90. The Morgan fingerprint density at radius 3 is 2.67 bits per heavy atom. The highest BCUT2D eigenvalue weighted by molar-refractivity contribution is 5.34. The summed E-state index contributed by atoms with van der Waals surface area (Å²) in [6.45, 7) is 4.62.